The van der Waals surface area contributed by atoms with Crippen LogP contribution in [0.25, 0.3) is 0 Å². The monoisotopic (exact) mass is 233 g/mol. The summed E-state index contributed by atoms with van der Waals surface area (Å²) in [5.41, 5.74) is 7.59. The number of hydrogen-bond donors (Lipinski definition) is 2. The molecule has 0 amide bonds. The fourth-order valence-electron chi connectivity index (χ4n) is 2.29. The summed E-state index contributed by atoms with van der Waals surface area (Å²) in [6.07, 6.45) is 3.56. The van der Waals surface area contributed by atoms with Crippen molar-refractivity contribution < 1.29 is 9.90 Å². The summed E-state index contributed by atoms with van der Waals surface area (Å²) in [7, 11) is 0. The summed E-state index contributed by atoms with van der Waals surface area (Å²) < 4.78 is 0. The first-order chi connectivity index (χ1) is 8.10. The van der Waals surface area contributed by atoms with Crippen molar-refractivity contribution >= 4 is 5.97 Å². The van der Waals surface area contributed by atoms with Crippen LogP contribution in [0.5, 0.6) is 0 Å². The molecule has 0 aliphatic heterocycles. The van der Waals surface area contributed by atoms with Crippen LogP contribution in [0.3, 0.4) is 0 Å². The summed E-state index contributed by atoms with van der Waals surface area (Å²) in [5, 5.41) is 9.19. The molecule has 0 bridgehead atoms. The van der Waals surface area contributed by atoms with Gasteiger partial charge in [0, 0.05) is 6.04 Å². The van der Waals surface area contributed by atoms with Gasteiger partial charge in [0.15, 0.2) is 0 Å². The van der Waals surface area contributed by atoms with Gasteiger partial charge in [-0.25, -0.2) is 0 Å². The molecule has 1 fully saturated rings. The maximum Gasteiger partial charge on any atom is 0.311 e. The van der Waals surface area contributed by atoms with Crippen LogP contribution in [0.15, 0.2) is 24.3 Å². The number of carboxylic acid groups (broad SMARTS) is 1. The van der Waals surface area contributed by atoms with Crippen LogP contribution in [0, 0.1) is 5.41 Å². The zero-order chi connectivity index (χ0) is 12.5. The molecule has 0 aromatic heterocycles. The molecule has 2 rings (SSSR count). The fraction of sp³-hybridized carbons (Fsp3) is 0.500. The molecule has 1 aliphatic carbocycles. The zero-order valence-electron chi connectivity index (χ0n) is 10.1. The van der Waals surface area contributed by atoms with E-state index in [0.717, 1.165) is 18.4 Å². The van der Waals surface area contributed by atoms with Gasteiger partial charge in [-0.1, -0.05) is 37.6 Å². The average Bonchev–Trinajstić information content (AvgIpc) is 3.11. The van der Waals surface area contributed by atoms with Gasteiger partial charge in [0.25, 0.3) is 0 Å². The van der Waals surface area contributed by atoms with Gasteiger partial charge in [0.05, 0.1) is 5.41 Å². The van der Waals surface area contributed by atoms with Gasteiger partial charge < -0.3 is 10.8 Å². The number of carbonyl (C=O) groups is 1. The molecule has 0 saturated heterocycles. The Morgan fingerprint density at radius 1 is 1.41 bits per heavy atom. The molecular weight excluding hydrogens is 214 g/mol. The summed E-state index contributed by atoms with van der Waals surface area (Å²) in [4.78, 5) is 11.2. The first kappa shape index (κ1) is 12.1. The molecule has 3 heteroatoms. The van der Waals surface area contributed by atoms with E-state index in [1.165, 1.54) is 5.56 Å². The van der Waals surface area contributed by atoms with Crippen molar-refractivity contribution in [3.63, 3.8) is 0 Å². The third-order valence-electron chi connectivity index (χ3n) is 3.69. The third-order valence-corrected chi connectivity index (χ3v) is 3.69. The van der Waals surface area contributed by atoms with Crippen molar-refractivity contribution in [1.29, 1.82) is 0 Å². The first-order valence-corrected chi connectivity index (χ1v) is 6.18. The third kappa shape index (κ3) is 2.20. The van der Waals surface area contributed by atoms with Crippen molar-refractivity contribution in [2.45, 2.75) is 38.6 Å². The van der Waals surface area contributed by atoms with Gasteiger partial charge in [-0.15, -0.1) is 0 Å². The number of benzene rings is 1. The highest BCUT2D eigenvalue weighted by molar-refractivity contribution is 5.79. The van der Waals surface area contributed by atoms with E-state index >= 15 is 0 Å². The Bertz CT molecular complexity index is 407. The summed E-state index contributed by atoms with van der Waals surface area (Å²) in [5.74, 6) is -0.761. The summed E-state index contributed by atoms with van der Waals surface area (Å²) in [6.45, 7) is 2.14. The minimum atomic E-state index is -0.761. The molecule has 0 heterocycles. The van der Waals surface area contributed by atoms with Gasteiger partial charge in [0.1, 0.15) is 0 Å². The number of aryl methyl sites for hydroxylation is 1. The number of hydrogen-bond acceptors (Lipinski definition) is 2. The first-order valence-electron chi connectivity index (χ1n) is 6.18. The Balaban J connectivity index is 2.15. The zero-order valence-corrected chi connectivity index (χ0v) is 10.1. The second-order valence-corrected chi connectivity index (χ2v) is 4.93. The predicted molar refractivity (Wildman–Crippen MR) is 66.7 cm³/mol. The van der Waals surface area contributed by atoms with E-state index in [1.807, 2.05) is 12.1 Å². The predicted octanol–water partition coefficient (Wildman–Crippen LogP) is 2.50. The van der Waals surface area contributed by atoms with E-state index in [9.17, 15) is 9.90 Å². The normalized spacial score (nSPS) is 18.7. The number of carboxylic acids is 1. The summed E-state index contributed by atoms with van der Waals surface area (Å²) in [6, 6.07) is 7.67. The van der Waals surface area contributed by atoms with Gasteiger partial charge in [-0.2, -0.15) is 0 Å². The van der Waals surface area contributed by atoms with E-state index in [1.54, 1.807) is 0 Å². The van der Waals surface area contributed by atoms with Crippen molar-refractivity contribution in [3.05, 3.63) is 35.4 Å². The molecule has 1 saturated carbocycles. The maximum atomic E-state index is 11.2. The number of aliphatic carboxylic acids is 1. The Kier molecular flexibility index (Phi) is 3.20. The summed E-state index contributed by atoms with van der Waals surface area (Å²) >= 11 is 0. The van der Waals surface area contributed by atoms with E-state index in [-0.39, 0.29) is 6.04 Å². The van der Waals surface area contributed by atoms with E-state index in [0.29, 0.717) is 12.8 Å². The molecule has 1 aromatic rings. The topological polar surface area (TPSA) is 63.3 Å². The van der Waals surface area contributed by atoms with Crippen LogP contribution in [-0.2, 0) is 11.2 Å². The van der Waals surface area contributed by atoms with Crippen LogP contribution in [0.4, 0.5) is 0 Å². The Labute approximate surface area is 102 Å². The Hall–Kier alpha value is -1.35. The molecule has 1 atom stereocenters. The van der Waals surface area contributed by atoms with Crippen LogP contribution >= 0.6 is 0 Å². The fourth-order valence-corrected chi connectivity index (χ4v) is 2.29. The standard InChI is InChI=1S/C14H19NO2/c1-2-3-10-4-6-11(7-5-10)12(15)14(8-9-14)13(16)17/h4-7,12H,2-3,8-9,15H2,1H3,(H,16,17). The molecule has 1 aliphatic rings. The van der Waals surface area contributed by atoms with E-state index < -0.39 is 11.4 Å². The van der Waals surface area contributed by atoms with Crippen molar-refractivity contribution in [1.82, 2.24) is 0 Å². The van der Waals surface area contributed by atoms with E-state index in [2.05, 4.69) is 19.1 Å². The van der Waals surface area contributed by atoms with Crippen LogP contribution in [0.1, 0.15) is 43.4 Å². The smallest absolute Gasteiger partial charge is 0.311 e. The van der Waals surface area contributed by atoms with Gasteiger partial charge in [-0.05, 0) is 30.4 Å². The van der Waals surface area contributed by atoms with Gasteiger partial charge >= 0.3 is 5.97 Å². The highest BCUT2D eigenvalue weighted by Crippen LogP contribution is 2.54. The quantitative estimate of drug-likeness (QED) is 0.821. The lowest BCUT2D eigenvalue weighted by Gasteiger charge is -2.19. The molecule has 0 radical (unpaired) electrons. The molecule has 1 aromatic carbocycles. The van der Waals surface area contributed by atoms with Crippen LogP contribution in [-0.4, -0.2) is 11.1 Å². The number of nitrogens with two attached hydrogens (primary N) is 1. The lowest BCUT2D eigenvalue weighted by Crippen LogP contribution is -2.29. The molecule has 1 unspecified atom stereocenters. The van der Waals surface area contributed by atoms with Crippen LogP contribution in [0.2, 0.25) is 0 Å². The highest BCUT2D eigenvalue weighted by Gasteiger charge is 2.55. The van der Waals surface area contributed by atoms with Crippen molar-refractivity contribution in [3.8, 4) is 0 Å². The van der Waals surface area contributed by atoms with Crippen molar-refractivity contribution in [2.75, 3.05) is 0 Å². The highest BCUT2D eigenvalue weighted by atomic mass is 16.4. The second kappa shape index (κ2) is 4.49. The molecule has 3 nitrogen and oxygen atoms in total. The molecule has 3 N–H and O–H groups in total. The lowest BCUT2D eigenvalue weighted by atomic mass is 9.90. The molecule has 92 valence electrons. The minimum absolute atomic E-state index is 0.379. The Morgan fingerprint density at radius 2 is 2.00 bits per heavy atom. The Morgan fingerprint density at radius 3 is 2.41 bits per heavy atom. The van der Waals surface area contributed by atoms with Gasteiger partial charge in [0.2, 0.25) is 0 Å². The molecule has 0 spiro atoms. The van der Waals surface area contributed by atoms with E-state index in [4.69, 9.17) is 5.73 Å². The average molecular weight is 233 g/mol. The molecular formula is C14H19NO2. The minimum Gasteiger partial charge on any atom is -0.481 e. The number of rotatable bonds is 5. The maximum absolute atomic E-state index is 11.2. The SMILES string of the molecule is CCCc1ccc(C(N)C2(C(=O)O)CC2)cc1. The largest absolute Gasteiger partial charge is 0.481 e. The second-order valence-electron chi connectivity index (χ2n) is 4.93. The van der Waals surface area contributed by atoms with Crippen molar-refractivity contribution in [2.24, 2.45) is 11.1 Å². The molecule has 17 heavy (non-hydrogen) atoms. The van der Waals surface area contributed by atoms with Gasteiger partial charge in [-0.3, -0.25) is 4.79 Å². The van der Waals surface area contributed by atoms with Crippen LogP contribution < -0.4 is 5.73 Å². The lowest BCUT2D eigenvalue weighted by molar-refractivity contribution is -0.144.